The third-order valence-electron chi connectivity index (χ3n) is 4.48. The SMILES string of the molecule is C=CCOC(=O)CC(NC(=O)c1ccccc1)C(=O)NC(Cc1ccccc1)C(=O)OC. The molecule has 0 spiro atoms. The number of nitrogens with one attached hydrogen (secondary N) is 2. The summed E-state index contributed by atoms with van der Waals surface area (Å²) in [7, 11) is 1.22. The highest BCUT2D eigenvalue weighted by Gasteiger charge is 2.29. The topological polar surface area (TPSA) is 111 Å². The lowest BCUT2D eigenvalue weighted by molar-refractivity contribution is -0.146. The number of rotatable bonds is 11. The lowest BCUT2D eigenvalue weighted by atomic mass is 10.0. The molecule has 8 heteroatoms. The quantitative estimate of drug-likeness (QED) is 0.409. The minimum atomic E-state index is -1.26. The maximum atomic E-state index is 13.0. The first-order valence-corrected chi connectivity index (χ1v) is 9.99. The number of hydrogen-bond donors (Lipinski definition) is 2. The van der Waals surface area contributed by atoms with Gasteiger partial charge in [-0.15, -0.1) is 0 Å². The second kappa shape index (κ2) is 12.7. The lowest BCUT2D eigenvalue weighted by Crippen LogP contribution is -2.53. The zero-order chi connectivity index (χ0) is 23.3. The van der Waals surface area contributed by atoms with E-state index >= 15 is 0 Å². The summed E-state index contributed by atoms with van der Waals surface area (Å²) in [5.74, 6) is -2.60. The van der Waals surface area contributed by atoms with Crippen molar-refractivity contribution < 1.29 is 28.7 Å². The van der Waals surface area contributed by atoms with Crippen LogP contribution in [0.5, 0.6) is 0 Å². The summed E-state index contributed by atoms with van der Waals surface area (Å²) in [4.78, 5) is 49.9. The largest absolute Gasteiger partial charge is 0.467 e. The molecule has 0 bridgehead atoms. The van der Waals surface area contributed by atoms with E-state index in [2.05, 4.69) is 17.2 Å². The smallest absolute Gasteiger partial charge is 0.328 e. The van der Waals surface area contributed by atoms with Gasteiger partial charge in [0, 0.05) is 12.0 Å². The van der Waals surface area contributed by atoms with E-state index in [1.54, 1.807) is 30.3 Å². The molecule has 32 heavy (non-hydrogen) atoms. The van der Waals surface area contributed by atoms with Crippen LogP contribution < -0.4 is 10.6 Å². The van der Waals surface area contributed by atoms with E-state index in [0.717, 1.165) is 5.56 Å². The molecule has 2 amide bonds. The molecule has 0 heterocycles. The minimum absolute atomic E-state index is 0.0292. The highest BCUT2D eigenvalue weighted by Crippen LogP contribution is 2.07. The molecular weight excluding hydrogens is 412 g/mol. The van der Waals surface area contributed by atoms with Crippen molar-refractivity contribution in [2.24, 2.45) is 0 Å². The maximum Gasteiger partial charge on any atom is 0.328 e. The second-order valence-electron chi connectivity index (χ2n) is 6.84. The molecule has 0 saturated heterocycles. The van der Waals surface area contributed by atoms with E-state index < -0.39 is 42.3 Å². The van der Waals surface area contributed by atoms with Gasteiger partial charge in [-0.25, -0.2) is 4.79 Å². The zero-order valence-corrected chi connectivity index (χ0v) is 17.8. The summed E-state index contributed by atoms with van der Waals surface area (Å²) in [6.07, 6.45) is 1.15. The summed E-state index contributed by atoms with van der Waals surface area (Å²) < 4.78 is 9.75. The molecule has 0 radical (unpaired) electrons. The fraction of sp³-hybridized carbons (Fsp3) is 0.250. The Bertz CT molecular complexity index is 930. The Hall–Kier alpha value is -3.94. The first kappa shape index (κ1) is 24.3. The maximum absolute atomic E-state index is 13.0. The fourth-order valence-electron chi connectivity index (χ4n) is 2.88. The van der Waals surface area contributed by atoms with Crippen molar-refractivity contribution >= 4 is 23.8 Å². The van der Waals surface area contributed by atoms with Gasteiger partial charge in [0.05, 0.1) is 13.5 Å². The molecule has 2 rings (SSSR count). The van der Waals surface area contributed by atoms with Gasteiger partial charge >= 0.3 is 11.9 Å². The Labute approximate surface area is 186 Å². The molecule has 8 nitrogen and oxygen atoms in total. The Morgan fingerprint density at radius 2 is 1.56 bits per heavy atom. The van der Waals surface area contributed by atoms with Crippen LogP contribution in [-0.4, -0.2) is 49.6 Å². The Kier molecular flexibility index (Phi) is 9.65. The molecule has 0 aliphatic heterocycles. The summed E-state index contributed by atoms with van der Waals surface area (Å²) in [6, 6.07) is 15.1. The molecule has 0 aliphatic rings. The van der Waals surface area contributed by atoms with Crippen molar-refractivity contribution in [1.82, 2.24) is 10.6 Å². The molecule has 2 aromatic carbocycles. The third-order valence-corrected chi connectivity index (χ3v) is 4.48. The summed E-state index contributed by atoms with van der Waals surface area (Å²) in [6.45, 7) is 3.44. The predicted molar refractivity (Wildman–Crippen MR) is 118 cm³/mol. The van der Waals surface area contributed by atoms with Crippen LogP contribution in [0.2, 0.25) is 0 Å². The van der Waals surface area contributed by atoms with E-state index in [1.807, 2.05) is 30.3 Å². The second-order valence-corrected chi connectivity index (χ2v) is 6.84. The third kappa shape index (κ3) is 7.71. The van der Waals surface area contributed by atoms with E-state index in [0.29, 0.717) is 5.56 Å². The molecule has 0 saturated carbocycles. The standard InChI is InChI=1S/C24H26N2O6/c1-3-14-32-21(27)16-19(25-22(28)18-12-8-5-9-13-18)23(29)26-20(24(30)31-2)15-17-10-6-4-7-11-17/h3-13,19-20H,1,14-16H2,2H3,(H,25,28)(H,26,29). The van der Waals surface area contributed by atoms with Crippen molar-refractivity contribution in [1.29, 1.82) is 0 Å². The average molecular weight is 438 g/mol. The van der Waals surface area contributed by atoms with Gasteiger partial charge in [-0.3, -0.25) is 14.4 Å². The van der Waals surface area contributed by atoms with E-state index in [-0.39, 0.29) is 13.0 Å². The predicted octanol–water partition coefficient (Wildman–Crippen LogP) is 1.80. The van der Waals surface area contributed by atoms with E-state index in [1.165, 1.54) is 13.2 Å². The molecule has 2 atom stereocenters. The van der Waals surface area contributed by atoms with Crippen LogP contribution in [0.4, 0.5) is 0 Å². The van der Waals surface area contributed by atoms with Crippen molar-refractivity contribution in [3.63, 3.8) is 0 Å². The van der Waals surface area contributed by atoms with Crippen LogP contribution in [0.3, 0.4) is 0 Å². The number of carbonyl (C=O) groups excluding carboxylic acids is 4. The molecule has 0 fully saturated rings. The van der Waals surface area contributed by atoms with Crippen LogP contribution in [0, 0.1) is 0 Å². The molecule has 0 aromatic heterocycles. The van der Waals surface area contributed by atoms with Gasteiger partial charge in [-0.1, -0.05) is 61.2 Å². The number of carbonyl (C=O) groups is 4. The monoisotopic (exact) mass is 438 g/mol. The molecule has 2 N–H and O–H groups in total. The van der Waals surface area contributed by atoms with Crippen LogP contribution in [0.15, 0.2) is 73.3 Å². The average Bonchev–Trinajstić information content (AvgIpc) is 2.82. The first-order chi connectivity index (χ1) is 15.4. The number of amides is 2. The van der Waals surface area contributed by atoms with E-state index in [4.69, 9.17) is 9.47 Å². The van der Waals surface area contributed by atoms with Gasteiger partial charge in [0.25, 0.3) is 5.91 Å². The number of esters is 2. The van der Waals surface area contributed by atoms with Crippen LogP contribution >= 0.6 is 0 Å². The van der Waals surface area contributed by atoms with Crippen molar-refractivity contribution in [2.45, 2.75) is 24.9 Å². The Balaban J connectivity index is 2.17. The van der Waals surface area contributed by atoms with Gasteiger partial charge in [0.15, 0.2) is 0 Å². The Morgan fingerprint density at radius 3 is 2.16 bits per heavy atom. The van der Waals surface area contributed by atoms with Gasteiger partial charge in [0.1, 0.15) is 18.7 Å². The lowest BCUT2D eigenvalue weighted by Gasteiger charge is -2.22. The van der Waals surface area contributed by atoms with Gasteiger partial charge in [0.2, 0.25) is 5.91 Å². The highest BCUT2D eigenvalue weighted by molar-refractivity contribution is 5.99. The fourth-order valence-corrected chi connectivity index (χ4v) is 2.88. The number of ether oxygens (including phenoxy) is 2. The number of benzene rings is 2. The summed E-state index contributed by atoms with van der Waals surface area (Å²) in [5.41, 5.74) is 1.12. The van der Waals surface area contributed by atoms with Crippen LogP contribution in [0.25, 0.3) is 0 Å². The zero-order valence-electron chi connectivity index (χ0n) is 17.8. The van der Waals surface area contributed by atoms with Crippen molar-refractivity contribution in [2.75, 3.05) is 13.7 Å². The summed E-state index contributed by atoms with van der Waals surface area (Å²) >= 11 is 0. The Morgan fingerprint density at radius 1 is 0.938 bits per heavy atom. The molecule has 168 valence electrons. The van der Waals surface area contributed by atoms with Gasteiger partial charge < -0.3 is 20.1 Å². The van der Waals surface area contributed by atoms with Crippen LogP contribution in [-0.2, 0) is 30.3 Å². The molecular formula is C24H26N2O6. The molecule has 2 unspecified atom stereocenters. The van der Waals surface area contributed by atoms with Gasteiger partial charge in [-0.05, 0) is 17.7 Å². The molecule has 2 aromatic rings. The van der Waals surface area contributed by atoms with Crippen LogP contribution in [0.1, 0.15) is 22.3 Å². The van der Waals surface area contributed by atoms with Gasteiger partial charge in [-0.2, -0.15) is 0 Å². The number of methoxy groups -OCH3 is 1. The van der Waals surface area contributed by atoms with Crippen molar-refractivity contribution in [3.05, 3.63) is 84.4 Å². The number of hydrogen-bond acceptors (Lipinski definition) is 6. The normalized spacial score (nSPS) is 12.0. The minimum Gasteiger partial charge on any atom is -0.467 e. The van der Waals surface area contributed by atoms with Crippen molar-refractivity contribution in [3.8, 4) is 0 Å². The first-order valence-electron chi connectivity index (χ1n) is 9.99. The highest BCUT2D eigenvalue weighted by atomic mass is 16.5. The molecule has 0 aliphatic carbocycles. The van der Waals surface area contributed by atoms with E-state index in [9.17, 15) is 19.2 Å². The summed E-state index contributed by atoms with van der Waals surface area (Å²) in [5, 5.41) is 5.12.